The maximum atomic E-state index is 12.6. The first-order valence-corrected chi connectivity index (χ1v) is 37.6. The first kappa shape index (κ1) is 108. The molecule has 4 rings (SSSR count). The largest absolute Gasteiger partial charge is 3.00 e. The number of nitrogens with one attached hydrogen (secondary N) is 4. The van der Waals surface area contributed by atoms with Crippen molar-refractivity contribution in [2.24, 2.45) is 0 Å². The number of nitrogens with zero attached hydrogens (tertiary/aromatic N) is 8. The zero-order chi connectivity index (χ0) is 85.0. The van der Waals surface area contributed by atoms with Crippen LogP contribution in [0.4, 0.5) is 0 Å². The third-order valence-electron chi connectivity index (χ3n) is 19.1. The number of carbonyl (C=O) groups is 12. The van der Waals surface area contributed by atoms with Crippen LogP contribution in [0.25, 0.3) is 0 Å². The number of carboxylic acid groups (broad SMARTS) is 6. The molecule has 2 aromatic heterocycles. The number of aliphatic carboxylic acids is 6. The Labute approximate surface area is 734 Å². The van der Waals surface area contributed by atoms with Crippen LogP contribution in [-0.4, -0.2) is 363 Å². The second-order valence-electron chi connectivity index (χ2n) is 27.8. The van der Waals surface area contributed by atoms with Crippen molar-refractivity contribution in [2.45, 2.75) is 202 Å². The predicted molar refractivity (Wildman–Crippen MR) is 381 cm³/mol. The van der Waals surface area contributed by atoms with Crippen molar-refractivity contribution in [1.29, 1.82) is 0 Å². The molecular formula is C72H110Gd2N12O30. The number of aliphatic hydroxyl groups is 12. The third-order valence-corrected chi connectivity index (χ3v) is 19.1. The summed E-state index contributed by atoms with van der Waals surface area (Å²) < 4.78 is 0. The van der Waals surface area contributed by atoms with Crippen molar-refractivity contribution in [3.63, 3.8) is 0 Å². The Morgan fingerprint density at radius 3 is 0.672 bits per heavy atom. The molecule has 2 aliphatic heterocycles. The van der Waals surface area contributed by atoms with Gasteiger partial charge in [0.1, 0.15) is 11.6 Å². The zero-order valence-electron chi connectivity index (χ0n) is 64.3. The van der Waals surface area contributed by atoms with E-state index in [4.69, 9.17) is 30.6 Å². The number of carbonyl (C=O) groups excluding carboxylic acids is 12. The Bertz CT molecular complexity index is 2980. The summed E-state index contributed by atoms with van der Waals surface area (Å²) in [7, 11) is 0. The average Bonchev–Trinajstić information content (AvgIpc) is 0.835. The fourth-order valence-electron chi connectivity index (χ4n) is 12.5. The molecule has 2 aromatic rings. The van der Waals surface area contributed by atoms with Crippen LogP contribution in [0.5, 0.6) is 0 Å². The van der Waals surface area contributed by atoms with Gasteiger partial charge in [0.2, 0.25) is 23.6 Å². The number of carboxylic acids is 6. The van der Waals surface area contributed by atoms with E-state index in [1.54, 1.807) is 36.4 Å². The van der Waals surface area contributed by atoms with Gasteiger partial charge in [0.25, 0.3) is 0 Å². The first-order valence-electron chi connectivity index (χ1n) is 37.6. The SMILES string of the molecule is O=C(CCC(O)CO)CCC(C(=O)[O-])N1CCN(C(CCC(=O)NCC(O)CO)C(=O)[O-])CCN(C(CCC(=O)NCC(O)CO)C(=O)[O-])Cc2cccc(n2)C1.O=C(CCC(O)CO)CCC(C(=O)[O-])N1CCN(C(CCC(=O)NCC(O)CO)C(=O)[O-])CCN(C(CCC(=O)NCC(O)CO)C(=O)[O-])Cc2cccc(n2)C1.[Gd+3].[Gd+3]. The van der Waals surface area contributed by atoms with E-state index in [1.807, 2.05) is 0 Å². The minimum absolute atomic E-state index is 0. The fraction of sp³-hybridized carbons (Fsp3) is 0.694. The van der Waals surface area contributed by atoms with Gasteiger partial charge in [-0.05, 0) is 75.6 Å². The van der Waals surface area contributed by atoms with Gasteiger partial charge in [-0.1, -0.05) is 12.1 Å². The summed E-state index contributed by atoms with van der Waals surface area (Å²) in [6.07, 6.45) is -10.9. The topological polar surface area (TPSA) is 679 Å². The second kappa shape index (κ2) is 59.9. The van der Waals surface area contributed by atoms with Crippen LogP contribution < -0.4 is 51.9 Å². The average molecular weight is 1940 g/mol. The Morgan fingerprint density at radius 2 is 0.474 bits per heavy atom. The number of fused-ring (bicyclic) bond motifs is 4. The molecule has 0 aromatic carbocycles. The van der Waals surface area contributed by atoms with E-state index in [-0.39, 0.29) is 299 Å². The van der Waals surface area contributed by atoms with Gasteiger partial charge in [-0.2, -0.15) is 0 Å². The summed E-state index contributed by atoms with van der Waals surface area (Å²) in [5, 5.41) is 197. The van der Waals surface area contributed by atoms with Gasteiger partial charge in [0.05, 0.1) is 159 Å². The molecule has 16 N–H and O–H groups in total. The number of hydrogen-bond acceptors (Lipinski definition) is 38. The molecule has 0 spiro atoms. The molecule has 12 unspecified atom stereocenters. The summed E-state index contributed by atoms with van der Waals surface area (Å²) in [5.41, 5.74) is 1.35. The molecule has 0 fully saturated rings. The van der Waals surface area contributed by atoms with Gasteiger partial charge in [0.15, 0.2) is 0 Å². The van der Waals surface area contributed by atoms with Crippen LogP contribution >= 0.6 is 0 Å². The molecule has 42 nitrogen and oxygen atoms in total. The normalized spacial score (nSPS) is 17.5. The first-order chi connectivity index (χ1) is 54.1. The number of pyridine rings is 2. The molecule has 0 saturated heterocycles. The van der Waals surface area contributed by atoms with Crippen molar-refractivity contribution in [3.05, 3.63) is 59.2 Å². The van der Waals surface area contributed by atoms with E-state index in [2.05, 4.69) is 31.2 Å². The summed E-state index contributed by atoms with van der Waals surface area (Å²) in [5.74, 6) is -12.6. The van der Waals surface area contributed by atoms with E-state index in [1.165, 1.54) is 29.4 Å². The molecule has 654 valence electrons. The molecule has 12 atom stereocenters. The number of ketones is 2. The van der Waals surface area contributed by atoms with Gasteiger partial charge >= 0.3 is 79.9 Å². The molecule has 2 radical (unpaired) electrons. The number of rotatable bonds is 50. The standard InChI is InChI=1S/2C36H58N6O15.2Gd/c2*43-20-26(47)5-4-25(46)6-7-30(35(54)55)41-14-12-40(29(34(52)53)8-10-32(50)37-16-27(48)21-44)13-15-42(19-24-3-1-2-23(18-41)39-24)31(36(56)57)9-11-33(51)38-17-28(49)22-45;;/h2*1-3,26-31,43-45,47-49H,4-22H2,(H,37,50)(H,38,51)(H,52,53)(H,54,55)(H,56,57);;/q;;2*+3/p-6. The van der Waals surface area contributed by atoms with Gasteiger partial charge in [0, 0.05) is 168 Å². The monoisotopic (exact) mass is 1940 g/mol. The Balaban J connectivity index is 0.00000114. The van der Waals surface area contributed by atoms with E-state index in [9.17, 15) is 119 Å². The van der Waals surface area contributed by atoms with E-state index >= 15 is 0 Å². The molecule has 4 heterocycles. The van der Waals surface area contributed by atoms with Gasteiger partial charge in [-0.3, -0.25) is 68.1 Å². The summed E-state index contributed by atoms with van der Waals surface area (Å²) in [6.45, 7) is -6.58. The van der Waals surface area contributed by atoms with Crippen molar-refractivity contribution in [3.8, 4) is 0 Å². The minimum Gasteiger partial charge on any atom is -0.548 e. The fourth-order valence-corrected chi connectivity index (χ4v) is 12.5. The van der Waals surface area contributed by atoms with Crippen LogP contribution in [0.15, 0.2) is 36.4 Å². The molecule has 0 saturated carbocycles. The van der Waals surface area contributed by atoms with E-state index < -0.39 is 172 Å². The molecule has 2 aliphatic rings. The van der Waals surface area contributed by atoms with Crippen molar-refractivity contribution < 1.29 is 229 Å². The van der Waals surface area contributed by atoms with Crippen molar-refractivity contribution >= 4 is 71.0 Å². The predicted octanol–water partition coefficient (Wildman–Crippen LogP) is -15.3. The van der Waals surface area contributed by atoms with Crippen LogP contribution in [0.3, 0.4) is 0 Å². The number of amides is 4. The van der Waals surface area contributed by atoms with Crippen LogP contribution in [-0.2, 0) is 83.7 Å². The van der Waals surface area contributed by atoms with E-state index in [0.29, 0.717) is 22.8 Å². The van der Waals surface area contributed by atoms with Gasteiger partial charge in [-0.15, -0.1) is 0 Å². The Hall–Kier alpha value is -5.73. The summed E-state index contributed by atoms with van der Waals surface area (Å²) >= 11 is 0. The second-order valence-corrected chi connectivity index (χ2v) is 27.8. The number of hydrogen-bond donors (Lipinski definition) is 16. The minimum atomic E-state index is -1.60. The molecule has 4 amide bonds. The van der Waals surface area contributed by atoms with Crippen LogP contribution in [0.1, 0.15) is 126 Å². The van der Waals surface area contributed by atoms with Gasteiger partial charge < -0.3 is 142 Å². The summed E-state index contributed by atoms with van der Waals surface area (Å²) in [6, 6.07) is 1.09. The van der Waals surface area contributed by atoms with E-state index in [0.717, 1.165) is 0 Å². The summed E-state index contributed by atoms with van der Waals surface area (Å²) in [4.78, 5) is 169. The molecule has 0 aliphatic carbocycles. The van der Waals surface area contributed by atoms with Crippen LogP contribution in [0.2, 0.25) is 0 Å². The number of Topliss-reactive ketones (excluding diaryl/α,β-unsaturated/α-hetero) is 2. The van der Waals surface area contributed by atoms with Gasteiger partial charge in [-0.25, -0.2) is 0 Å². The number of aliphatic hydroxyl groups excluding tert-OH is 12. The molecule has 116 heavy (non-hydrogen) atoms. The zero-order valence-corrected chi connectivity index (χ0v) is 68.8. The van der Waals surface area contributed by atoms with Crippen molar-refractivity contribution in [2.75, 3.05) is 118 Å². The van der Waals surface area contributed by atoms with Crippen molar-refractivity contribution in [1.82, 2.24) is 60.6 Å². The quantitative estimate of drug-likeness (QED) is 0.0292. The third kappa shape index (κ3) is 43.0. The van der Waals surface area contributed by atoms with Crippen LogP contribution in [0, 0.1) is 79.9 Å². The Morgan fingerprint density at radius 1 is 0.293 bits per heavy atom. The maximum Gasteiger partial charge on any atom is 3.00 e. The number of aromatic nitrogens is 2. The molecule has 44 heteroatoms. The smallest absolute Gasteiger partial charge is 0.548 e. The Kier molecular flexibility index (Phi) is 55.9. The molecule has 4 bridgehead atoms. The maximum absolute atomic E-state index is 12.6. The molecular weight excluding hydrogens is 1830 g/mol.